The molecule has 4 nitrogen and oxygen atoms in total. The number of aliphatic hydroxyl groups is 1. The summed E-state index contributed by atoms with van der Waals surface area (Å²) in [5.41, 5.74) is 10.8. The Bertz CT molecular complexity index is 727. The Hall–Kier alpha value is -2.64. The molecule has 23 heavy (non-hydrogen) atoms. The van der Waals surface area contributed by atoms with Crippen molar-refractivity contribution in [2.24, 2.45) is 5.73 Å². The van der Waals surface area contributed by atoms with E-state index in [4.69, 9.17) is 5.73 Å². The molecule has 2 rings (SSSR count). The monoisotopic (exact) mass is 307 g/mol. The van der Waals surface area contributed by atoms with E-state index in [1.165, 1.54) is 0 Å². The molecule has 0 unspecified atom stereocenters. The summed E-state index contributed by atoms with van der Waals surface area (Å²) in [5.74, 6) is 0. The number of rotatable bonds is 6. The number of allylic oxidation sites excluding steroid dienone is 1. The molecule has 3 N–H and O–H groups in total. The van der Waals surface area contributed by atoms with Gasteiger partial charge >= 0.3 is 0 Å². The third-order valence-electron chi connectivity index (χ3n) is 3.73. The van der Waals surface area contributed by atoms with E-state index in [1.54, 1.807) is 12.3 Å². The first-order valence-electron chi connectivity index (χ1n) is 7.71. The molecule has 2 aromatic rings. The van der Waals surface area contributed by atoms with Crippen LogP contribution in [0.1, 0.15) is 30.9 Å². The van der Waals surface area contributed by atoms with E-state index in [0.717, 1.165) is 40.9 Å². The zero-order valence-corrected chi connectivity index (χ0v) is 13.3. The first-order chi connectivity index (χ1) is 11.2. The van der Waals surface area contributed by atoms with E-state index in [1.807, 2.05) is 30.3 Å². The Morgan fingerprint density at radius 2 is 2.04 bits per heavy atom. The Morgan fingerprint density at radius 3 is 2.65 bits per heavy atom. The number of aliphatic hydroxyl groups excluding tert-OH is 1. The van der Waals surface area contributed by atoms with E-state index >= 15 is 0 Å². The number of pyridine rings is 1. The van der Waals surface area contributed by atoms with Crippen molar-refractivity contribution in [1.82, 2.24) is 4.98 Å². The van der Waals surface area contributed by atoms with E-state index in [0.29, 0.717) is 12.0 Å². The fraction of sp³-hybridized carbons (Fsp3) is 0.263. The summed E-state index contributed by atoms with van der Waals surface area (Å²) in [6.45, 7) is 2.02. The molecule has 0 saturated carbocycles. The average molecular weight is 307 g/mol. The maximum absolute atomic E-state index is 9.49. The van der Waals surface area contributed by atoms with Gasteiger partial charge in [-0.15, -0.1) is 0 Å². The van der Waals surface area contributed by atoms with Crippen molar-refractivity contribution in [2.45, 2.75) is 26.2 Å². The summed E-state index contributed by atoms with van der Waals surface area (Å²) in [6.07, 6.45) is 4.11. The summed E-state index contributed by atoms with van der Waals surface area (Å²) < 4.78 is 0. The number of aromatic nitrogens is 1. The predicted octanol–water partition coefficient (Wildman–Crippen LogP) is 3.17. The molecule has 0 atom stereocenters. The molecule has 0 radical (unpaired) electrons. The zero-order valence-electron chi connectivity index (χ0n) is 13.3. The van der Waals surface area contributed by atoms with Crippen molar-refractivity contribution < 1.29 is 5.11 Å². The predicted molar refractivity (Wildman–Crippen MR) is 91.3 cm³/mol. The second-order valence-electron chi connectivity index (χ2n) is 5.42. The van der Waals surface area contributed by atoms with Crippen LogP contribution in [0.25, 0.3) is 11.3 Å². The molecule has 1 aromatic carbocycles. The lowest BCUT2D eigenvalue weighted by Crippen LogP contribution is -2.08. The molecule has 0 spiro atoms. The van der Waals surface area contributed by atoms with Crippen molar-refractivity contribution in [3.8, 4) is 17.3 Å². The molecule has 0 bridgehead atoms. The second-order valence-corrected chi connectivity index (χ2v) is 5.42. The molecule has 4 heteroatoms. The van der Waals surface area contributed by atoms with E-state index in [2.05, 4.69) is 18.0 Å². The fourth-order valence-corrected chi connectivity index (χ4v) is 2.46. The Kier molecular flexibility index (Phi) is 5.90. The van der Waals surface area contributed by atoms with E-state index < -0.39 is 0 Å². The summed E-state index contributed by atoms with van der Waals surface area (Å²) >= 11 is 0. The molecule has 0 amide bonds. The van der Waals surface area contributed by atoms with Gasteiger partial charge in [0.05, 0.1) is 23.9 Å². The van der Waals surface area contributed by atoms with Crippen molar-refractivity contribution in [3.63, 3.8) is 0 Å². The maximum atomic E-state index is 9.49. The Morgan fingerprint density at radius 1 is 1.26 bits per heavy atom. The largest absolute Gasteiger partial charge is 0.402 e. The van der Waals surface area contributed by atoms with Crippen LogP contribution in [0.3, 0.4) is 0 Å². The van der Waals surface area contributed by atoms with Gasteiger partial charge in [0.1, 0.15) is 0 Å². The van der Waals surface area contributed by atoms with Gasteiger partial charge in [0.25, 0.3) is 0 Å². The van der Waals surface area contributed by atoms with Crippen LogP contribution in [0.2, 0.25) is 0 Å². The van der Waals surface area contributed by atoms with Crippen molar-refractivity contribution in [1.29, 1.82) is 5.26 Å². The lowest BCUT2D eigenvalue weighted by molar-refractivity contribution is 0.326. The third kappa shape index (κ3) is 4.18. The first kappa shape index (κ1) is 16.7. The molecular formula is C19H21N3O. The van der Waals surface area contributed by atoms with Crippen LogP contribution in [-0.2, 0) is 6.42 Å². The minimum Gasteiger partial charge on any atom is -0.402 e. The molecule has 0 aliphatic rings. The number of benzene rings is 1. The number of nitrogens with zero attached hydrogens (tertiary/aromatic N) is 2. The van der Waals surface area contributed by atoms with Crippen molar-refractivity contribution in [3.05, 3.63) is 65.0 Å². The summed E-state index contributed by atoms with van der Waals surface area (Å²) in [6, 6.07) is 13.4. The normalized spacial score (nSPS) is 11.7. The van der Waals surface area contributed by atoms with Crippen LogP contribution in [0.15, 0.2) is 53.9 Å². The molecule has 118 valence electrons. The van der Waals surface area contributed by atoms with Gasteiger partial charge in [0.15, 0.2) is 0 Å². The minimum absolute atomic E-state index is 0.0369. The van der Waals surface area contributed by atoms with Gasteiger partial charge in [-0.1, -0.05) is 37.6 Å². The average Bonchev–Trinajstić information content (AvgIpc) is 2.60. The number of hydrogen-bond acceptors (Lipinski definition) is 4. The third-order valence-corrected chi connectivity index (χ3v) is 3.73. The maximum Gasteiger partial charge on any atom is 0.0998 e. The Labute approximate surface area is 136 Å². The quantitative estimate of drug-likeness (QED) is 0.858. The smallest absolute Gasteiger partial charge is 0.0998 e. The van der Waals surface area contributed by atoms with Crippen LogP contribution < -0.4 is 5.73 Å². The molecule has 0 aliphatic carbocycles. The van der Waals surface area contributed by atoms with Crippen LogP contribution in [0.4, 0.5) is 0 Å². The molecule has 1 heterocycles. The highest BCUT2D eigenvalue weighted by Crippen LogP contribution is 2.22. The molecule has 0 saturated heterocycles. The van der Waals surface area contributed by atoms with E-state index in [-0.39, 0.29) is 6.61 Å². The van der Waals surface area contributed by atoms with Gasteiger partial charge in [0.2, 0.25) is 0 Å². The summed E-state index contributed by atoms with van der Waals surface area (Å²) in [4.78, 5) is 4.45. The van der Waals surface area contributed by atoms with Crippen molar-refractivity contribution in [2.75, 3.05) is 6.61 Å². The highest BCUT2D eigenvalue weighted by atomic mass is 16.3. The SMILES string of the molecule is CCC/C(N)=C(/CO)Cc1ccc(-c2ccccc2C#N)nc1. The lowest BCUT2D eigenvalue weighted by atomic mass is 10.0. The highest BCUT2D eigenvalue weighted by Gasteiger charge is 2.07. The lowest BCUT2D eigenvalue weighted by Gasteiger charge is -2.10. The molecule has 0 aliphatic heterocycles. The topological polar surface area (TPSA) is 82.9 Å². The number of hydrogen-bond donors (Lipinski definition) is 2. The second kappa shape index (κ2) is 8.11. The van der Waals surface area contributed by atoms with Crippen molar-refractivity contribution >= 4 is 0 Å². The first-order valence-corrected chi connectivity index (χ1v) is 7.71. The zero-order chi connectivity index (χ0) is 16.7. The van der Waals surface area contributed by atoms with Crippen LogP contribution in [0.5, 0.6) is 0 Å². The van der Waals surface area contributed by atoms with Gasteiger partial charge in [-0.05, 0) is 36.1 Å². The Balaban J connectivity index is 2.23. The van der Waals surface area contributed by atoms with Gasteiger partial charge in [-0.3, -0.25) is 4.98 Å². The van der Waals surface area contributed by atoms with Crippen LogP contribution in [0, 0.1) is 11.3 Å². The highest BCUT2D eigenvalue weighted by molar-refractivity contribution is 5.67. The van der Waals surface area contributed by atoms with E-state index in [9.17, 15) is 10.4 Å². The van der Waals surface area contributed by atoms with Crippen LogP contribution in [-0.4, -0.2) is 16.7 Å². The van der Waals surface area contributed by atoms with Gasteiger partial charge in [-0.25, -0.2) is 0 Å². The van der Waals surface area contributed by atoms with Gasteiger partial charge in [0, 0.05) is 17.5 Å². The van der Waals surface area contributed by atoms with Gasteiger partial charge in [-0.2, -0.15) is 5.26 Å². The fourth-order valence-electron chi connectivity index (χ4n) is 2.46. The summed E-state index contributed by atoms with van der Waals surface area (Å²) in [5, 5.41) is 18.7. The summed E-state index contributed by atoms with van der Waals surface area (Å²) in [7, 11) is 0. The van der Waals surface area contributed by atoms with Crippen LogP contribution >= 0.6 is 0 Å². The number of nitriles is 1. The van der Waals surface area contributed by atoms with Gasteiger partial charge < -0.3 is 10.8 Å². The molecular weight excluding hydrogens is 286 g/mol. The molecule has 1 aromatic heterocycles. The minimum atomic E-state index is -0.0369. The standard InChI is InChI=1S/C19H21N3O/c1-2-5-18(21)16(13-23)10-14-8-9-19(22-12-14)17-7-4-3-6-15(17)11-20/h3-4,6-9,12,23H,2,5,10,13,21H2,1H3/b18-16-. The number of nitrogens with two attached hydrogens (primary N) is 1. The molecule has 0 fully saturated rings.